The van der Waals surface area contributed by atoms with Gasteiger partial charge in [-0.25, -0.2) is 4.98 Å². The third-order valence-corrected chi connectivity index (χ3v) is 5.02. The number of amides is 1. The van der Waals surface area contributed by atoms with E-state index in [0.29, 0.717) is 43.4 Å². The van der Waals surface area contributed by atoms with Gasteiger partial charge in [0, 0.05) is 57.0 Å². The van der Waals surface area contributed by atoms with Crippen LogP contribution in [0.2, 0.25) is 0 Å². The van der Waals surface area contributed by atoms with Crippen LogP contribution in [0.25, 0.3) is 0 Å². The third kappa shape index (κ3) is 5.18. The molecule has 7 nitrogen and oxygen atoms in total. The number of nitrogens with one attached hydrogen (secondary N) is 1. The molecule has 28 heavy (non-hydrogen) atoms. The fourth-order valence-corrected chi connectivity index (χ4v) is 3.56. The quantitative estimate of drug-likeness (QED) is 0.795. The first-order valence-electron chi connectivity index (χ1n) is 9.92. The Bertz CT molecular complexity index is 812. The van der Waals surface area contributed by atoms with Gasteiger partial charge < -0.3 is 10.2 Å². The SMILES string of the molecule is CC(C)CC(=O)[C@@H]1CCCN(C(=O)c2ccc(NCc3cnn(C)c3)nc2)C1. The van der Waals surface area contributed by atoms with Crippen molar-refractivity contribution >= 4 is 17.5 Å². The standard InChI is InChI=1S/C21H29N5O2/c1-15(2)9-19(27)18-5-4-8-26(14-18)21(28)17-6-7-20(23-12-17)22-10-16-11-24-25(3)13-16/h6-7,11-13,15,18H,4-5,8-10,14H2,1-3H3,(H,22,23)/t18-/m1/s1. The van der Waals surface area contributed by atoms with E-state index in [1.54, 1.807) is 28.0 Å². The van der Waals surface area contributed by atoms with Crippen LogP contribution in [0.4, 0.5) is 5.82 Å². The summed E-state index contributed by atoms with van der Waals surface area (Å²) < 4.78 is 1.75. The Balaban J connectivity index is 1.56. The second-order valence-electron chi connectivity index (χ2n) is 7.96. The van der Waals surface area contributed by atoms with Gasteiger partial charge in [-0.3, -0.25) is 14.3 Å². The molecule has 1 fully saturated rings. The second kappa shape index (κ2) is 8.99. The molecule has 1 aliphatic rings. The van der Waals surface area contributed by atoms with Crippen LogP contribution < -0.4 is 5.32 Å². The minimum absolute atomic E-state index is 0.0338. The number of carbonyl (C=O) groups is 2. The maximum atomic E-state index is 12.8. The summed E-state index contributed by atoms with van der Waals surface area (Å²) in [6.07, 6.45) is 7.69. The van der Waals surface area contributed by atoms with Crippen molar-refractivity contribution in [1.29, 1.82) is 0 Å². The molecule has 2 aromatic heterocycles. The Morgan fingerprint density at radius 1 is 1.29 bits per heavy atom. The molecule has 1 atom stereocenters. The highest BCUT2D eigenvalue weighted by atomic mass is 16.2. The van der Waals surface area contributed by atoms with Gasteiger partial charge in [0.25, 0.3) is 5.91 Å². The van der Waals surface area contributed by atoms with E-state index in [2.05, 4.69) is 29.2 Å². The molecule has 1 amide bonds. The predicted octanol–water partition coefficient (Wildman–Crippen LogP) is 2.89. The first kappa shape index (κ1) is 20.0. The van der Waals surface area contributed by atoms with Gasteiger partial charge in [0.1, 0.15) is 11.6 Å². The molecule has 7 heteroatoms. The highest BCUT2D eigenvalue weighted by molar-refractivity contribution is 5.94. The number of anilines is 1. The summed E-state index contributed by atoms with van der Waals surface area (Å²) in [5.41, 5.74) is 1.62. The van der Waals surface area contributed by atoms with E-state index in [4.69, 9.17) is 0 Å². The minimum Gasteiger partial charge on any atom is -0.366 e. The maximum Gasteiger partial charge on any atom is 0.255 e. The van der Waals surface area contributed by atoms with Gasteiger partial charge in [-0.2, -0.15) is 5.10 Å². The number of aryl methyl sites for hydroxylation is 1. The van der Waals surface area contributed by atoms with Crippen molar-refractivity contribution in [3.8, 4) is 0 Å². The zero-order valence-electron chi connectivity index (χ0n) is 16.9. The van der Waals surface area contributed by atoms with E-state index in [1.807, 2.05) is 19.3 Å². The molecular weight excluding hydrogens is 354 g/mol. The molecule has 150 valence electrons. The lowest BCUT2D eigenvalue weighted by Gasteiger charge is -2.32. The van der Waals surface area contributed by atoms with Crippen molar-refractivity contribution in [2.24, 2.45) is 18.9 Å². The summed E-state index contributed by atoms with van der Waals surface area (Å²) in [6, 6.07) is 3.61. The van der Waals surface area contributed by atoms with Crippen LogP contribution in [-0.2, 0) is 18.4 Å². The van der Waals surface area contributed by atoms with Crippen molar-refractivity contribution in [2.75, 3.05) is 18.4 Å². The molecule has 2 aromatic rings. The number of aromatic nitrogens is 3. The number of ketones is 1. The average molecular weight is 383 g/mol. The lowest BCUT2D eigenvalue weighted by Crippen LogP contribution is -2.42. The molecule has 1 aliphatic heterocycles. The summed E-state index contributed by atoms with van der Waals surface area (Å²) in [7, 11) is 1.88. The van der Waals surface area contributed by atoms with Crippen molar-refractivity contribution in [3.63, 3.8) is 0 Å². The molecule has 0 aliphatic carbocycles. The molecule has 3 rings (SSSR count). The van der Waals surface area contributed by atoms with Gasteiger partial charge in [-0.15, -0.1) is 0 Å². The normalized spacial score (nSPS) is 17.0. The number of nitrogens with zero attached hydrogens (tertiary/aromatic N) is 4. The Morgan fingerprint density at radius 3 is 2.75 bits per heavy atom. The summed E-state index contributed by atoms with van der Waals surface area (Å²) in [5.74, 6) is 1.26. The van der Waals surface area contributed by atoms with E-state index < -0.39 is 0 Å². The molecule has 1 saturated heterocycles. The lowest BCUT2D eigenvalue weighted by atomic mass is 9.89. The van der Waals surface area contributed by atoms with Gasteiger partial charge in [0.15, 0.2) is 0 Å². The van der Waals surface area contributed by atoms with E-state index in [-0.39, 0.29) is 17.6 Å². The van der Waals surface area contributed by atoms with E-state index in [9.17, 15) is 9.59 Å². The van der Waals surface area contributed by atoms with Crippen LogP contribution in [0.15, 0.2) is 30.7 Å². The van der Waals surface area contributed by atoms with E-state index in [0.717, 1.165) is 18.4 Å². The molecule has 1 N–H and O–H groups in total. The maximum absolute atomic E-state index is 12.8. The Labute approximate surface area is 166 Å². The molecule has 0 radical (unpaired) electrons. The van der Waals surface area contributed by atoms with Crippen LogP contribution in [-0.4, -0.2) is 44.4 Å². The number of hydrogen-bond acceptors (Lipinski definition) is 5. The van der Waals surface area contributed by atoms with Crippen LogP contribution in [0.3, 0.4) is 0 Å². The summed E-state index contributed by atoms with van der Waals surface area (Å²) in [4.78, 5) is 31.4. The van der Waals surface area contributed by atoms with Crippen LogP contribution in [0.5, 0.6) is 0 Å². The van der Waals surface area contributed by atoms with Crippen LogP contribution in [0.1, 0.15) is 49.0 Å². The summed E-state index contributed by atoms with van der Waals surface area (Å²) >= 11 is 0. The fraction of sp³-hybridized carbons (Fsp3) is 0.524. The van der Waals surface area contributed by atoms with E-state index >= 15 is 0 Å². The first-order chi connectivity index (χ1) is 13.4. The second-order valence-corrected chi connectivity index (χ2v) is 7.96. The fourth-order valence-electron chi connectivity index (χ4n) is 3.56. The third-order valence-electron chi connectivity index (χ3n) is 5.02. The zero-order valence-corrected chi connectivity index (χ0v) is 16.9. The minimum atomic E-state index is -0.0478. The Kier molecular flexibility index (Phi) is 6.44. The smallest absolute Gasteiger partial charge is 0.255 e. The average Bonchev–Trinajstić information content (AvgIpc) is 3.11. The summed E-state index contributed by atoms with van der Waals surface area (Å²) in [6.45, 7) is 5.95. The van der Waals surface area contributed by atoms with Gasteiger partial charge in [0.05, 0.1) is 11.8 Å². The molecule has 3 heterocycles. The molecule has 0 unspecified atom stereocenters. The predicted molar refractivity (Wildman–Crippen MR) is 108 cm³/mol. The lowest BCUT2D eigenvalue weighted by molar-refractivity contribution is -0.124. The number of Topliss-reactive ketones (excluding diaryl/α,β-unsaturated/α-hetero) is 1. The van der Waals surface area contributed by atoms with Gasteiger partial charge in [-0.1, -0.05) is 13.8 Å². The molecule has 0 aromatic carbocycles. The number of carbonyl (C=O) groups excluding carboxylic acids is 2. The Hall–Kier alpha value is -2.70. The molecule has 0 saturated carbocycles. The number of rotatable bonds is 7. The number of likely N-dealkylation sites (tertiary alicyclic amines) is 1. The van der Waals surface area contributed by atoms with Gasteiger partial charge >= 0.3 is 0 Å². The van der Waals surface area contributed by atoms with Crippen molar-refractivity contribution in [3.05, 3.63) is 41.9 Å². The first-order valence-corrected chi connectivity index (χ1v) is 9.92. The van der Waals surface area contributed by atoms with Crippen LogP contribution in [0, 0.1) is 11.8 Å². The largest absolute Gasteiger partial charge is 0.366 e. The van der Waals surface area contributed by atoms with E-state index in [1.165, 1.54) is 0 Å². The molecule has 0 bridgehead atoms. The highest BCUT2D eigenvalue weighted by Gasteiger charge is 2.29. The molecular formula is C21H29N5O2. The van der Waals surface area contributed by atoms with Gasteiger partial charge in [-0.05, 0) is 30.9 Å². The molecule has 0 spiro atoms. The van der Waals surface area contributed by atoms with Crippen molar-refractivity contribution < 1.29 is 9.59 Å². The number of pyridine rings is 1. The van der Waals surface area contributed by atoms with Crippen molar-refractivity contribution in [1.82, 2.24) is 19.7 Å². The monoisotopic (exact) mass is 383 g/mol. The summed E-state index contributed by atoms with van der Waals surface area (Å²) in [5, 5.41) is 7.36. The van der Waals surface area contributed by atoms with Gasteiger partial charge in [0.2, 0.25) is 0 Å². The Morgan fingerprint density at radius 2 is 2.11 bits per heavy atom. The van der Waals surface area contributed by atoms with Crippen LogP contribution >= 0.6 is 0 Å². The topological polar surface area (TPSA) is 80.1 Å². The van der Waals surface area contributed by atoms with Crippen molar-refractivity contribution in [2.45, 2.75) is 39.7 Å². The number of hydrogen-bond donors (Lipinski definition) is 1. The highest BCUT2D eigenvalue weighted by Crippen LogP contribution is 2.22. The zero-order chi connectivity index (χ0) is 20.1. The number of piperidine rings is 1.